The molecule has 0 aliphatic rings. The van der Waals surface area contributed by atoms with Gasteiger partial charge in [0.1, 0.15) is 11.3 Å². The van der Waals surface area contributed by atoms with Crippen LogP contribution in [0.2, 0.25) is 0 Å². The van der Waals surface area contributed by atoms with Crippen LogP contribution in [0.3, 0.4) is 0 Å². The van der Waals surface area contributed by atoms with E-state index in [2.05, 4.69) is 4.98 Å². The molecule has 0 saturated heterocycles. The standard InChI is InChI=1S/C15H14N2O2/c1-2-18-13-6-4-3-5-11(13)15-17-12-9-10(16)7-8-14(12)19-15/h3-9H,2,16H2,1H3. The quantitative estimate of drug-likeness (QED) is 0.727. The third-order valence-electron chi connectivity index (χ3n) is 2.83. The molecule has 2 N–H and O–H groups in total. The summed E-state index contributed by atoms with van der Waals surface area (Å²) in [5, 5.41) is 0. The Bertz CT molecular complexity index is 719. The van der Waals surface area contributed by atoms with Crippen molar-refractivity contribution in [2.45, 2.75) is 6.92 Å². The predicted octanol–water partition coefficient (Wildman–Crippen LogP) is 3.48. The van der Waals surface area contributed by atoms with Crippen molar-refractivity contribution < 1.29 is 9.15 Å². The normalized spacial score (nSPS) is 10.8. The number of ether oxygens (including phenoxy) is 1. The highest BCUT2D eigenvalue weighted by Gasteiger charge is 2.12. The molecule has 1 aromatic heterocycles. The number of fused-ring (bicyclic) bond motifs is 1. The van der Waals surface area contributed by atoms with E-state index in [4.69, 9.17) is 14.9 Å². The summed E-state index contributed by atoms with van der Waals surface area (Å²) in [4.78, 5) is 4.46. The highest BCUT2D eigenvalue weighted by Crippen LogP contribution is 2.31. The maximum absolute atomic E-state index is 5.75. The molecule has 96 valence electrons. The van der Waals surface area contributed by atoms with Crippen molar-refractivity contribution in [1.82, 2.24) is 4.98 Å². The number of benzene rings is 2. The molecule has 0 amide bonds. The molecule has 0 spiro atoms. The molecule has 19 heavy (non-hydrogen) atoms. The minimum absolute atomic E-state index is 0.546. The lowest BCUT2D eigenvalue weighted by atomic mass is 10.2. The van der Waals surface area contributed by atoms with E-state index in [0.717, 1.165) is 22.4 Å². The third-order valence-corrected chi connectivity index (χ3v) is 2.83. The van der Waals surface area contributed by atoms with Crippen LogP contribution in [-0.2, 0) is 0 Å². The van der Waals surface area contributed by atoms with E-state index in [1.165, 1.54) is 0 Å². The van der Waals surface area contributed by atoms with Gasteiger partial charge < -0.3 is 14.9 Å². The Kier molecular flexibility index (Phi) is 2.83. The maximum atomic E-state index is 5.75. The minimum atomic E-state index is 0.546. The fourth-order valence-electron chi connectivity index (χ4n) is 1.98. The first kappa shape index (κ1) is 11.6. The van der Waals surface area contributed by atoms with Crippen molar-refractivity contribution >= 4 is 16.8 Å². The first-order chi connectivity index (χ1) is 9.28. The number of nitrogens with two attached hydrogens (primary N) is 1. The number of nitrogens with zero attached hydrogens (tertiary/aromatic N) is 1. The van der Waals surface area contributed by atoms with Crippen LogP contribution in [0.25, 0.3) is 22.6 Å². The molecular formula is C15H14N2O2. The average molecular weight is 254 g/mol. The Hall–Kier alpha value is -2.49. The van der Waals surface area contributed by atoms with Crippen LogP contribution in [-0.4, -0.2) is 11.6 Å². The molecule has 0 saturated carbocycles. The molecular weight excluding hydrogens is 240 g/mol. The third kappa shape index (κ3) is 2.12. The first-order valence-electron chi connectivity index (χ1n) is 6.16. The van der Waals surface area contributed by atoms with E-state index in [0.29, 0.717) is 18.2 Å². The van der Waals surface area contributed by atoms with Gasteiger partial charge in [-0.15, -0.1) is 0 Å². The molecule has 0 atom stereocenters. The van der Waals surface area contributed by atoms with Crippen LogP contribution in [0.1, 0.15) is 6.92 Å². The molecule has 4 heteroatoms. The van der Waals surface area contributed by atoms with E-state index < -0.39 is 0 Å². The highest BCUT2D eigenvalue weighted by molar-refractivity contribution is 5.80. The Morgan fingerprint density at radius 1 is 1.21 bits per heavy atom. The number of oxazole rings is 1. The monoisotopic (exact) mass is 254 g/mol. The fourth-order valence-corrected chi connectivity index (χ4v) is 1.98. The lowest BCUT2D eigenvalue weighted by molar-refractivity contribution is 0.340. The average Bonchev–Trinajstić information content (AvgIpc) is 2.82. The predicted molar refractivity (Wildman–Crippen MR) is 75.0 cm³/mol. The number of hydrogen-bond donors (Lipinski definition) is 1. The largest absolute Gasteiger partial charge is 0.493 e. The number of hydrogen-bond acceptors (Lipinski definition) is 4. The zero-order valence-electron chi connectivity index (χ0n) is 10.6. The van der Waals surface area contributed by atoms with Crippen LogP contribution in [0.4, 0.5) is 5.69 Å². The maximum Gasteiger partial charge on any atom is 0.231 e. The summed E-state index contributed by atoms with van der Waals surface area (Å²) in [5.74, 6) is 1.31. The minimum Gasteiger partial charge on any atom is -0.493 e. The number of nitrogen functional groups attached to an aromatic ring is 1. The van der Waals surface area contributed by atoms with E-state index in [1.54, 1.807) is 12.1 Å². The molecule has 1 heterocycles. The molecule has 0 radical (unpaired) electrons. The molecule has 0 bridgehead atoms. The van der Waals surface area contributed by atoms with E-state index in [9.17, 15) is 0 Å². The molecule has 4 nitrogen and oxygen atoms in total. The lowest BCUT2D eigenvalue weighted by Gasteiger charge is -2.06. The molecule has 3 aromatic rings. The first-order valence-corrected chi connectivity index (χ1v) is 6.16. The molecule has 0 fully saturated rings. The van der Waals surface area contributed by atoms with Gasteiger partial charge in [0.2, 0.25) is 5.89 Å². The summed E-state index contributed by atoms with van der Waals surface area (Å²) in [6.45, 7) is 2.55. The van der Waals surface area contributed by atoms with Gasteiger partial charge in [-0.25, -0.2) is 4.98 Å². The van der Waals surface area contributed by atoms with Gasteiger partial charge in [-0.05, 0) is 37.3 Å². The van der Waals surface area contributed by atoms with Gasteiger partial charge >= 0.3 is 0 Å². The second-order valence-corrected chi connectivity index (χ2v) is 4.18. The van der Waals surface area contributed by atoms with Gasteiger partial charge in [0.05, 0.1) is 12.2 Å². The van der Waals surface area contributed by atoms with Crippen molar-refractivity contribution in [3.05, 3.63) is 42.5 Å². The number of aromatic nitrogens is 1. The van der Waals surface area contributed by atoms with E-state index in [1.807, 2.05) is 37.3 Å². The summed E-state index contributed by atoms with van der Waals surface area (Å²) in [7, 11) is 0. The Morgan fingerprint density at radius 2 is 2.05 bits per heavy atom. The number of rotatable bonds is 3. The van der Waals surface area contributed by atoms with Crippen molar-refractivity contribution in [3.63, 3.8) is 0 Å². The zero-order chi connectivity index (χ0) is 13.2. The van der Waals surface area contributed by atoms with Crippen LogP contribution in [0, 0.1) is 0 Å². The van der Waals surface area contributed by atoms with Crippen LogP contribution < -0.4 is 10.5 Å². The van der Waals surface area contributed by atoms with Gasteiger partial charge in [-0.3, -0.25) is 0 Å². The Balaban J connectivity index is 2.13. The van der Waals surface area contributed by atoms with Gasteiger partial charge in [0, 0.05) is 5.69 Å². The topological polar surface area (TPSA) is 61.3 Å². The Morgan fingerprint density at radius 3 is 2.89 bits per heavy atom. The second kappa shape index (κ2) is 4.65. The summed E-state index contributed by atoms with van der Waals surface area (Å²) >= 11 is 0. The van der Waals surface area contributed by atoms with Crippen molar-refractivity contribution in [3.8, 4) is 17.2 Å². The van der Waals surface area contributed by atoms with Crippen molar-refractivity contribution in [2.24, 2.45) is 0 Å². The van der Waals surface area contributed by atoms with Gasteiger partial charge in [-0.2, -0.15) is 0 Å². The SMILES string of the molecule is CCOc1ccccc1-c1nc2cc(N)ccc2o1. The number of para-hydroxylation sites is 1. The molecule has 3 rings (SSSR count). The Labute approximate surface area is 110 Å². The molecule has 0 unspecified atom stereocenters. The molecule has 0 aliphatic carbocycles. The lowest BCUT2D eigenvalue weighted by Crippen LogP contribution is -1.93. The van der Waals surface area contributed by atoms with Crippen molar-refractivity contribution in [2.75, 3.05) is 12.3 Å². The van der Waals surface area contributed by atoms with Crippen LogP contribution in [0.15, 0.2) is 46.9 Å². The molecule has 2 aromatic carbocycles. The second-order valence-electron chi connectivity index (χ2n) is 4.18. The van der Waals surface area contributed by atoms with Gasteiger partial charge in [0.15, 0.2) is 5.58 Å². The fraction of sp³-hybridized carbons (Fsp3) is 0.133. The highest BCUT2D eigenvalue weighted by atomic mass is 16.5. The summed E-state index contributed by atoms with van der Waals surface area (Å²) < 4.78 is 11.3. The van der Waals surface area contributed by atoms with Crippen molar-refractivity contribution in [1.29, 1.82) is 0 Å². The number of anilines is 1. The smallest absolute Gasteiger partial charge is 0.231 e. The van der Waals surface area contributed by atoms with Crippen LogP contribution in [0.5, 0.6) is 5.75 Å². The summed E-state index contributed by atoms with van der Waals surface area (Å²) in [5.41, 5.74) is 8.73. The van der Waals surface area contributed by atoms with Crippen LogP contribution >= 0.6 is 0 Å². The van der Waals surface area contributed by atoms with E-state index in [-0.39, 0.29) is 0 Å². The molecule has 0 aliphatic heterocycles. The van der Waals surface area contributed by atoms with Gasteiger partial charge in [-0.1, -0.05) is 12.1 Å². The summed E-state index contributed by atoms with van der Waals surface area (Å²) in [6, 6.07) is 13.1. The van der Waals surface area contributed by atoms with Gasteiger partial charge in [0.25, 0.3) is 0 Å². The van der Waals surface area contributed by atoms with E-state index >= 15 is 0 Å². The zero-order valence-corrected chi connectivity index (χ0v) is 10.6. The summed E-state index contributed by atoms with van der Waals surface area (Å²) in [6.07, 6.45) is 0.